The average Bonchev–Trinajstić information content (AvgIpc) is 3.11. The maximum atomic E-state index is 13.7. The molecule has 0 fully saturated rings. The maximum Gasteiger partial charge on any atom is 0.283 e. The summed E-state index contributed by atoms with van der Waals surface area (Å²) in [7, 11) is 0. The van der Waals surface area contributed by atoms with Crippen LogP contribution in [-0.2, 0) is 0 Å². The maximum absolute atomic E-state index is 13.7. The van der Waals surface area contributed by atoms with E-state index in [1.807, 2.05) is 37.3 Å². The van der Waals surface area contributed by atoms with Crippen molar-refractivity contribution in [3.8, 4) is 16.2 Å². The molecule has 5 nitrogen and oxygen atoms in total. The summed E-state index contributed by atoms with van der Waals surface area (Å²) in [6.45, 7) is 2.22. The van der Waals surface area contributed by atoms with Crippen LogP contribution in [0, 0.1) is 5.82 Å². The molecule has 0 saturated heterocycles. The summed E-state index contributed by atoms with van der Waals surface area (Å²) in [6.07, 6.45) is 0. The first-order valence-corrected chi connectivity index (χ1v) is 9.09. The number of rotatable bonds is 5. The van der Waals surface area contributed by atoms with E-state index in [2.05, 4.69) is 10.9 Å². The number of hydrazine groups is 1. The predicted octanol–water partition coefficient (Wildman–Crippen LogP) is 4.03. The fraction of sp³-hybridized carbons (Fsp3) is 0.100. The number of halogens is 1. The number of ether oxygens (including phenoxy) is 1. The highest BCUT2D eigenvalue weighted by atomic mass is 32.1. The molecule has 1 heterocycles. The van der Waals surface area contributed by atoms with Gasteiger partial charge in [-0.2, -0.15) is 0 Å². The van der Waals surface area contributed by atoms with Crippen LogP contribution in [0.1, 0.15) is 27.0 Å². The Hall–Kier alpha value is -3.19. The van der Waals surface area contributed by atoms with Gasteiger partial charge < -0.3 is 4.74 Å². The van der Waals surface area contributed by atoms with E-state index in [1.165, 1.54) is 29.5 Å². The SMILES string of the molecule is CCOc1cc(-c2ccccc2)sc1C(=O)NNC(=O)c1ccccc1F. The first-order valence-electron chi connectivity index (χ1n) is 8.27. The van der Waals surface area contributed by atoms with Gasteiger partial charge in [0.2, 0.25) is 0 Å². The van der Waals surface area contributed by atoms with Gasteiger partial charge in [-0.05, 0) is 30.7 Å². The minimum atomic E-state index is -0.737. The van der Waals surface area contributed by atoms with Crippen molar-refractivity contribution in [3.05, 3.63) is 76.9 Å². The number of carbonyl (C=O) groups is 2. The molecule has 0 aliphatic rings. The Morgan fingerprint density at radius 1 is 1.00 bits per heavy atom. The smallest absolute Gasteiger partial charge is 0.283 e. The zero-order valence-electron chi connectivity index (χ0n) is 14.5. The quantitative estimate of drug-likeness (QED) is 0.653. The highest BCUT2D eigenvalue weighted by Gasteiger charge is 2.19. The Balaban J connectivity index is 1.77. The summed E-state index contributed by atoms with van der Waals surface area (Å²) in [5, 5.41) is 0. The lowest BCUT2D eigenvalue weighted by atomic mass is 10.2. The molecule has 0 aliphatic heterocycles. The lowest BCUT2D eigenvalue weighted by Crippen LogP contribution is -2.41. The first-order chi connectivity index (χ1) is 13.1. The molecular weight excluding hydrogens is 367 g/mol. The minimum absolute atomic E-state index is 0.154. The minimum Gasteiger partial charge on any atom is -0.492 e. The second-order valence-corrected chi connectivity index (χ2v) is 6.54. The van der Waals surface area contributed by atoms with E-state index < -0.39 is 17.6 Å². The molecule has 3 aromatic rings. The van der Waals surface area contributed by atoms with Crippen molar-refractivity contribution in [2.45, 2.75) is 6.92 Å². The summed E-state index contributed by atoms with van der Waals surface area (Å²) >= 11 is 1.25. The van der Waals surface area contributed by atoms with Crippen molar-refractivity contribution >= 4 is 23.2 Å². The Bertz CT molecular complexity index is 957. The molecule has 0 aliphatic carbocycles. The molecule has 3 rings (SSSR count). The first kappa shape index (κ1) is 18.6. The van der Waals surface area contributed by atoms with Gasteiger partial charge in [0.15, 0.2) is 0 Å². The normalized spacial score (nSPS) is 10.3. The molecule has 0 spiro atoms. The molecule has 0 atom stereocenters. The van der Waals surface area contributed by atoms with E-state index in [9.17, 15) is 14.0 Å². The van der Waals surface area contributed by atoms with Crippen LogP contribution in [0.25, 0.3) is 10.4 Å². The number of benzene rings is 2. The van der Waals surface area contributed by atoms with E-state index in [0.717, 1.165) is 10.4 Å². The number of thiophene rings is 1. The number of hydrogen-bond acceptors (Lipinski definition) is 4. The molecule has 27 heavy (non-hydrogen) atoms. The van der Waals surface area contributed by atoms with Crippen LogP contribution < -0.4 is 15.6 Å². The Morgan fingerprint density at radius 2 is 1.67 bits per heavy atom. The van der Waals surface area contributed by atoms with Gasteiger partial charge in [-0.1, -0.05) is 42.5 Å². The fourth-order valence-corrected chi connectivity index (χ4v) is 3.42. The summed E-state index contributed by atoms with van der Waals surface area (Å²) < 4.78 is 19.2. The topological polar surface area (TPSA) is 67.4 Å². The molecule has 7 heteroatoms. The van der Waals surface area contributed by atoms with Crippen molar-refractivity contribution in [3.63, 3.8) is 0 Å². The van der Waals surface area contributed by atoms with Gasteiger partial charge in [-0.3, -0.25) is 20.4 Å². The lowest BCUT2D eigenvalue weighted by Gasteiger charge is -2.08. The van der Waals surface area contributed by atoms with Crippen LogP contribution in [0.5, 0.6) is 5.75 Å². The summed E-state index contributed by atoms with van der Waals surface area (Å²) in [5.74, 6) is -1.50. The Labute approximate surface area is 159 Å². The van der Waals surface area contributed by atoms with E-state index in [-0.39, 0.29) is 5.56 Å². The fourth-order valence-electron chi connectivity index (χ4n) is 2.42. The summed E-state index contributed by atoms with van der Waals surface area (Å²) in [5.41, 5.74) is 5.35. The van der Waals surface area contributed by atoms with Gasteiger partial charge in [-0.25, -0.2) is 4.39 Å². The molecular formula is C20H17FN2O3S. The van der Waals surface area contributed by atoms with E-state index in [4.69, 9.17) is 4.74 Å². The average molecular weight is 384 g/mol. The highest BCUT2D eigenvalue weighted by molar-refractivity contribution is 7.17. The lowest BCUT2D eigenvalue weighted by molar-refractivity contribution is 0.0844. The number of nitrogens with one attached hydrogen (secondary N) is 2. The Kier molecular flexibility index (Phi) is 5.83. The van der Waals surface area contributed by atoms with Gasteiger partial charge in [0.05, 0.1) is 12.2 Å². The van der Waals surface area contributed by atoms with Gasteiger partial charge in [-0.15, -0.1) is 11.3 Å². The van der Waals surface area contributed by atoms with Crippen LogP contribution in [0.3, 0.4) is 0 Å². The summed E-state index contributed by atoms with van der Waals surface area (Å²) in [4.78, 5) is 25.8. The number of carbonyl (C=O) groups excluding carboxylic acids is 2. The van der Waals surface area contributed by atoms with Crippen molar-refractivity contribution in [1.29, 1.82) is 0 Å². The van der Waals surface area contributed by atoms with Crippen molar-refractivity contribution in [1.82, 2.24) is 10.9 Å². The van der Waals surface area contributed by atoms with Crippen LogP contribution in [-0.4, -0.2) is 18.4 Å². The second kappa shape index (κ2) is 8.46. The zero-order valence-corrected chi connectivity index (χ0v) is 15.3. The van der Waals surface area contributed by atoms with E-state index >= 15 is 0 Å². The molecule has 0 saturated carbocycles. The van der Waals surface area contributed by atoms with Crippen LogP contribution >= 0.6 is 11.3 Å². The van der Waals surface area contributed by atoms with Crippen LogP contribution in [0.15, 0.2) is 60.7 Å². The molecule has 0 bridgehead atoms. The molecule has 138 valence electrons. The van der Waals surface area contributed by atoms with Crippen molar-refractivity contribution < 1.29 is 18.7 Å². The van der Waals surface area contributed by atoms with E-state index in [0.29, 0.717) is 17.2 Å². The second-order valence-electron chi connectivity index (χ2n) is 5.49. The molecule has 2 N–H and O–H groups in total. The van der Waals surface area contributed by atoms with Gasteiger partial charge in [0.1, 0.15) is 16.4 Å². The summed E-state index contributed by atoms with van der Waals surface area (Å²) in [6, 6.07) is 16.9. The van der Waals surface area contributed by atoms with Gasteiger partial charge in [0.25, 0.3) is 11.8 Å². The zero-order chi connectivity index (χ0) is 19.2. The third kappa shape index (κ3) is 4.32. The highest BCUT2D eigenvalue weighted by Crippen LogP contribution is 2.36. The van der Waals surface area contributed by atoms with Gasteiger partial charge >= 0.3 is 0 Å². The van der Waals surface area contributed by atoms with Crippen molar-refractivity contribution in [2.24, 2.45) is 0 Å². The monoisotopic (exact) mass is 384 g/mol. The number of amides is 2. The Morgan fingerprint density at radius 3 is 2.37 bits per heavy atom. The molecule has 1 aromatic heterocycles. The third-order valence-electron chi connectivity index (χ3n) is 3.67. The van der Waals surface area contributed by atoms with Crippen LogP contribution in [0.4, 0.5) is 4.39 Å². The molecule has 2 amide bonds. The molecule has 0 radical (unpaired) electrons. The third-order valence-corrected chi connectivity index (χ3v) is 4.83. The van der Waals surface area contributed by atoms with E-state index in [1.54, 1.807) is 12.1 Å². The predicted molar refractivity (Wildman–Crippen MR) is 102 cm³/mol. The van der Waals surface area contributed by atoms with Crippen molar-refractivity contribution in [2.75, 3.05) is 6.61 Å². The molecule has 0 unspecified atom stereocenters. The largest absolute Gasteiger partial charge is 0.492 e. The van der Waals surface area contributed by atoms with Gasteiger partial charge in [0, 0.05) is 4.88 Å². The molecule has 2 aromatic carbocycles. The van der Waals surface area contributed by atoms with Crippen LogP contribution in [0.2, 0.25) is 0 Å². The standard InChI is InChI=1S/C20H17FN2O3S/c1-2-26-16-12-17(13-8-4-3-5-9-13)27-18(16)20(25)23-22-19(24)14-10-6-7-11-15(14)21/h3-12H,2H2,1H3,(H,22,24)(H,23,25). The number of hydrogen-bond donors (Lipinski definition) is 2.